The van der Waals surface area contributed by atoms with Crippen molar-refractivity contribution in [2.24, 2.45) is 0 Å². The minimum atomic E-state index is -0.392. The Labute approximate surface area is 134 Å². The lowest BCUT2D eigenvalue weighted by molar-refractivity contribution is 0.466. The monoisotopic (exact) mass is 309 g/mol. The lowest BCUT2D eigenvalue weighted by Gasteiger charge is -2.12. The summed E-state index contributed by atoms with van der Waals surface area (Å²) in [7, 11) is 0. The third-order valence-corrected chi connectivity index (χ3v) is 3.94. The number of hydrogen-bond acceptors (Lipinski definition) is 4. The molecular weight excluding hydrogens is 290 g/mol. The van der Waals surface area contributed by atoms with Crippen molar-refractivity contribution in [1.82, 2.24) is 0 Å². The van der Waals surface area contributed by atoms with Gasteiger partial charge in [0.1, 0.15) is 11.3 Å². The molecule has 0 unspecified atom stereocenters. The molecule has 0 aliphatic carbocycles. The molecule has 0 saturated carbocycles. The SMILES string of the molecule is CCc1cc(=O)oc2c(CNc3cccc(C)c3)c(O)ccc12. The molecule has 1 aromatic heterocycles. The van der Waals surface area contributed by atoms with Crippen LogP contribution in [0.3, 0.4) is 0 Å². The van der Waals surface area contributed by atoms with Crippen LogP contribution in [-0.4, -0.2) is 5.11 Å². The molecule has 0 spiro atoms. The lowest BCUT2D eigenvalue weighted by atomic mass is 10.0. The van der Waals surface area contributed by atoms with Gasteiger partial charge in [-0.3, -0.25) is 0 Å². The number of hydrogen-bond donors (Lipinski definition) is 2. The molecule has 4 nitrogen and oxygen atoms in total. The molecule has 0 aliphatic rings. The van der Waals surface area contributed by atoms with Gasteiger partial charge < -0.3 is 14.8 Å². The molecule has 4 heteroatoms. The largest absolute Gasteiger partial charge is 0.507 e. The Morgan fingerprint density at radius 2 is 2.00 bits per heavy atom. The zero-order valence-corrected chi connectivity index (χ0v) is 13.2. The van der Waals surface area contributed by atoms with E-state index in [-0.39, 0.29) is 5.75 Å². The highest BCUT2D eigenvalue weighted by Gasteiger charge is 2.13. The van der Waals surface area contributed by atoms with Crippen LogP contribution in [0.2, 0.25) is 0 Å². The number of aryl methyl sites for hydroxylation is 2. The Morgan fingerprint density at radius 1 is 1.17 bits per heavy atom. The van der Waals surface area contributed by atoms with Crippen molar-refractivity contribution in [1.29, 1.82) is 0 Å². The van der Waals surface area contributed by atoms with E-state index in [2.05, 4.69) is 5.32 Å². The van der Waals surface area contributed by atoms with E-state index in [0.29, 0.717) is 17.7 Å². The third kappa shape index (κ3) is 3.06. The number of rotatable bonds is 4. The van der Waals surface area contributed by atoms with Crippen LogP contribution in [0.1, 0.15) is 23.6 Å². The predicted molar refractivity (Wildman–Crippen MR) is 92.0 cm³/mol. The molecule has 118 valence electrons. The number of phenolic OH excluding ortho intramolecular Hbond substituents is 1. The molecule has 23 heavy (non-hydrogen) atoms. The zero-order chi connectivity index (χ0) is 16.4. The summed E-state index contributed by atoms with van der Waals surface area (Å²) in [4.78, 5) is 11.8. The molecule has 0 bridgehead atoms. The van der Waals surface area contributed by atoms with Gasteiger partial charge in [-0.1, -0.05) is 19.1 Å². The van der Waals surface area contributed by atoms with Crippen LogP contribution < -0.4 is 10.9 Å². The Balaban J connectivity index is 2.04. The van der Waals surface area contributed by atoms with E-state index in [1.807, 2.05) is 38.1 Å². The van der Waals surface area contributed by atoms with E-state index in [1.54, 1.807) is 12.1 Å². The molecule has 2 N–H and O–H groups in total. The highest BCUT2D eigenvalue weighted by molar-refractivity contribution is 5.85. The second-order valence-corrected chi connectivity index (χ2v) is 5.61. The first kappa shape index (κ1) is 15.2. The summed E-state index contributed by atoms with van der Waals surface area (Å²) in [5.74, 6) is 0.119. The molecular formula is C19H19NO3. The van der Waals surface area contributed by atoms with Crippen LogP contribution in [-0.2, 0) is 13.0 Å². The molecule has 2 aromatic carbocycles. The van der Waals surface area contributed by atoms with Gasteiger partial charge in [0.2, 0.25) is 0 Å². The molecule has 0 aliphatic heterocycles. The Morgan fingerprint density at radius 3 is 2.74 bits per heavy atom. The Hall–Kier alpha value is -2.75. The lowest BCUT2D eigenvalue weighted by Crippen LogP contribution is -2.05. The second-order valence-electron chi connectivity index (χ2n) is 5.61. The minimum absolute atomic E-state index is 0.119. The standard InChI is InChI=1S/C19H19NO3/c1-3-13-10-18(22)23-19-15(13)7-8-17(21)16(19)11-20-14-6-4-5-12(2)9-14/h4-10,20-21H,3,11H2,1-2H3. The fourth-order valence-corrected chi connectivity index (χ4v) is 2.75. The smallest absolute Gasteiger partial charge is 0.336 e. The van der Waals surface area contributed by atoms with Gasteiger partial charge in [0.25, 0.3) is 0 Å². The first-order valence-electron chi connectivity index (χ1n) is 7.66. The van der Waals surface area contributed by atoms with E-state index in [1.165, 1.54) is 6.07 Å². The topological polar surface area (TPSA) is 62.5 Å². The van der Waals surface area contributed by atoms with Crippen LogP contribution in [0.5, 0.6) is 5.75 Å². The minimum Gasteiger partial charge on any atom is -0.507 e. The molecule has 0 fully saturated rings. The average Bonchev–Trinajstić information content (AvgIpc) is 2.53. The second kappa shape index (κ2) is 6.16. The first-order chi connectivity index (χ1) is 11.1. The Kier molecular flexibility index (Phi) is 4.06. The Bertz CT molecular complexity index is 912. The zero-order valence-electron chi connectivity index (χ0n) is 13.2. The molecule has 3 rings (SSSR count). The van der Waals surface area contributed by atoms with Gasteiger partial charge >= 0.3 is 5.63 Å². The summed E-state index contributed by atoms with van der Waals surface area (Å²) in [6, 6.07) is 12.9. The summed E-state index contributed by atoms with van der Waals surface area (Å²) in [6.07, 6.45) is 0.734. The van der Waals surface area contributed by atoms with Gasteiger partial charge in [-0.2, -0.15) is 0 Å². The maximum Gasteiger partial charge on any atom is 0.336 e. The van der Waals surface area contributed by atoms with Crippen LogP contribution >= 0.6 is 0 Å². The highest BCUT2D eigenvalue weighted by atomic mass is 16.4. The fraction of sp³-hybridized carbons (Fsp3) is 0.211. The van der Waals surface area contributed by atoms with E-state index in [9.17, 15) is 9.90 Å². The highest BCUT2D eigenvalue weighted by Crippen LogP contribution is 2.29. The number of nitrogens with one attached hydrogen (secondary N) is 1. The summed E-state index contributed by atoms with van der Waals surface area (Å²) >= 11 is 0. The van der Waals surface area contributed by atoms with E-state index >= 15 is 0 Å². The quantitative estimate of drug-likeness (QED) is 0.716. The normalized spacial score (nSPS) is 10.9. The van der Waals surface area contributed by atoms with Gasteiger partial charge in [-0.25, -0.2) is 4.79 Å². The number of fused-ring (bicyclic) bond motifs is 1. The molecule has 0 atom stereocenters. The van der Waals surface area contributed by atoms with Gasteiger partial charge in [0.15, 0.2) is 0 Å². The predicted octanol–water partition coefficient (Wildman–Crippen LogP) is 3.98. The first-order valence-corrected chi connectivity index (χ1v) is 7.66. The summed E-state index contributed by atoms with van der Waals surface area (Å²) in [5.41, 5.74) is 3.68. The van der Waals surface area contributed by atoms with Crippen molar-refractivity contribution in [3.05, 3.63) is 69.6 Å². The van der Waals surface area contributed by atoms with E-state index < -0.39 is 5.63 Å². The van der Waals surface area contributed by atoms with Gasteiger partial charge in [0, 0.05) is 23.7 Å². The molecule has 0 radical (unpaired) electrons. The maximum atomic E-state index is 11.8. The fourth-order valence-electron chi connectivity index (χ4n) is 2.75. The average molecular weight is 309 g/mol. The van der Waals surface area contributed by atoms with Crippen LogP contribution in [0.25, 0.3) is 11.0 Å². The van der Waals surface area contributed by atoms with Crippen molar-refractivity contribution in [2.75, 3.05) is 5.32 Å². The van der Waals surface area contributed by atoms with Crippen molar-refractivity contribution in [3.8, 4) is 5.75 Å². The number of aromatic hydroxyl groups is 1. The number of benzene rings is 2. The summed E-state index contributed by atoms with van der Waals surface area (Å²) in [6.45, 7) is 4.39. The number of phenols is 1. The van der Waals surface area contributed by atoms with Gasteiger partial charge in [0.05, 0.1) is 5.56 Å². The van der Waals surface area contributed by atoms with Crippen LogP contribution in [0, 0.1) is 6.92 Å². The van der Waals surface area contributed by atoms with Gasteiger partial charge in [-0.15, -0.1) is 0 Å². The molecule has 3 aromatic rings. The van der Waals surface area contributed by atoms with Crippen molar-refractivity contribution >= 4 is 16.7 Å². The molecule has 1 heterocycles. The van der Waals surface area contributed by atoms with E-state index in [4.69, 9.17) is 4.42 Å². The van der Waals surface area contributed by atoms with Crippen LogP contribution in [0.4, 0.5) is 5.69 Å². The third-order valence-electron chi connectivity index (χ3n) is 3.94. The maximum absolute atomic E-state index is 11.8. The van der Waals surface area contributed by atoms with Crippen molar-refractivity contribution in [2.45, 2.75) is 26.8 Å². The van der Waals surface area contributed by atoms with Crippen molar-refractivity contribution < 1.29 is 9.52 Å². The summed E-state index contributed by atoms with van der Waals surface area (Å²) < 4.78 is 5.37. The number of anilines is 1. The molecule has 0 amide bonds. The van der Waals surface area contributed by atoms with Gasteiger partial charge in [-0.05, 0) is 48.7 Å². The summed E-state index contributed by atoms with van der Waals surface area (Å²) in [5, 5.41) is 14.3. The van der Waals surface area contributed by atoms with Crippen molar-refractivity contribution in [3.63, 3.8) is 0 Å². The van der Waals surface area contributed by atoms with Crippen LogP contribution in [0.15, 0.2) is 51.7 Å². The molecule has 0 saturated heterocycles. The van der Waals surface area contributed by atoms with E-state index in [0.717, 1.165) is 28.6 Å².